The Bertz CT molecular complexity index is 1460. The maximum atomic E-state index is 13.3. The molecule has 1 aliphatic rings. The van der Waals surface area contributed by atoms with Crippen LogP contribution in [-0.4, -0.2) is 29.4 Å². The van der Waals surface area contributed by atoms with Crippen molar-refractivity contribution in [2.45, 2.75) is 13.5 Å². The van der Waals surface area contributed by atoms with Crippen LogP contribution in [0, 0.1) is 19.5 Å². The van der Waals surface area contributed by atoms with Gasteiger partial charge in [-0.1, -0.05) is 0 Å². The second kappa shape index (κ2) is 11.4. The number of hydrogen-bond acceptors (Lipinski definition) is 7. The highest BCUT2D eigenvalue weighted by Gasteiger charge is 2.37. The molecule has 0 spiro atoms. The van der Waals surface area contributed by atoms with Crippen molar-refractivity contribution in [2.75, 3.05) is 11.5 Å². The molecule has 0 bridgehead atoms. The number of amides is 4. The topological polar surface area (TPSA) is 128 Å². The number of rotatable bonds is 8. The van der Waals surface area contributed by atoms with E-state index in [9.17, 15) is 28.9 Å². The molecule has 3 aromatic carbocycles. The van der Waals surface area contributed by atoms with Gasteiger partial charge in [-0.25, -0.2) is 14.1 Å². The molecule has 4 rings (SSSR count). The summed E-state index contributed by atoms with van der Waals surface area (Å²) in [6.45, 7) is 2.20. The summed E-state index contributed by atoms with van der Waals surface area (Å²) < 4.78 is 25.6. The number of halogens is 2. The van der Waals surface area contributed by atoms with Crippen molar-refractivity contribution in [3.8, 4) is 11.5 Å². The molecule has 0 atom stereocenters. The van der Waals surface area contributed by atoms with Crippen LogP contribution in [-0.2, 0) is 16.2 Å². The standard InChI is InChI=1S/C26H19FIN3O7/c1-2-37-22-13-16(12-21(28)23(22)38-14-15-3-7-19(8-4-15)31(35)36)11-20-24(32)29-26(34)30(25(20)33)18-9-5-17(27)6-10-18/h3-13H,2,14H2,1H3,(H,29,32,34)/b20-11+. The third kappa shape index (κ3) is 5.80. The van der Waals surface area contributed by atoms with Crippen LogP contribution in [0.2, 0.25) is 0 Å². The van der Waals surface area contributed by atoms with Gasteiger partial charge in [-0.2, -0.15) is 0 Å². The van der Waals surface area contributed by atoms with Crippen LogP contribution in [0.25, 0.3) is 6.08 Å². The van der Waals surface area contributed by atoms with E-state index in [4.69, 9.17) is 9.47 Å². The Labute approximate surface area is 229 Å². The van der Waals surface area contributed by atoms with E-state index in [1.165, 1.54) is 30.3 Å². The van der Waals surface area contributed by atoms with Gasteiger partial charge >= 0.3 is 6.03 Å². The van der Waals surface area contributed by atoms with E-state index in [2.05, 4.69) is 5.32 Å². The number of imide groups is 2. The van der Waals surface area contributed by atoms with E-state index < -0.39 is 28.6 Å². The van der Waals surface area contributed by atoms with Crippen LogP contribution in [0.4, 0.5) is 20.6 Å². The lowest BCUT2D eigenvalue weighted by Crippen LogP contribution is -2.54. The SMILES string of the molecule is CCOc1cc(/C=C2\C(=O)NC(=O)N(c3ccc(F)cc3)C2=O)cc(I)c1OCc1ccc([N+](=O)[O-])cc1. The van der Waals surface area contributed by atoms with Crippen molar-refractivity contribution in [1.82, 2.24) is 5.32 Å². The number of ether oxygens (including phenoxy) is 2. The minimum Gasteiger partial charge on any atom is -0.490 e. The molecule has 0 aliphatic carbocycles. The first-order valence-electron chi connectivity index (χ1n) is 11.2. The van der Waals surface area contributed by atoms with Gasteiger partial charge < -0.3 is 9.47 Å². The normalized spacial score (nSPS) is 14.4. The largest absolute Gasteiger partial charge is 0.490 e. The first-order chi connectivity index (χ1) is 18.2. The summed E-state index contributed by atoms with van der Waals surface area (Å²) in [5, 5.41) is 13.0. The monoisotopic (exact) mass is 631 g/mol. The van der Waals surface area contributed by atoms with Crippen LogP contribution in [0.15, 0.2) is 66.2 Å². The molecule has 10 nitrogen and oxygen atoms in total. The highest BCUT2D eigenvalue weighted by atomic mass is 127. The molecule has 1 N–H and O–H groups in total. The van der Waals surface area contributed by atoms with E-state index >= 15 is 0 Å². The van der Waals surface area contributed by atoms with Crippen molar-refractivity contribution in [1.29, 1.82) is 0 Å². The number of hydrogen-bond donors (Lipinski definition) is 1. The van der Waals surface area contributed by atoms with E-state index in [1.54, 1.807) is 31.2 Å². The van der Waals surface area contributed by atoms with Gasteiger partial charge in [0.25, 0.3) is 17.5 Å². The fourth-order valence-electron chi connectivity index (χ4n) is 3.59. The minimum atomic E-state index is -0.941. The Balaban J connectivity index is 1.62. The summed E-state index contributed by atoms with van der Waals surface area (Å²) >= 11 is 2.02. The fourth-order valence-corrected chi connectivity index (χ4v) is 4.37. The predicted octanol–water partition coefficient (Wildman–Crippen LogP) is 4.98. The quantitative estimate of drug-likeness (QED) is 0.122. The van der Waals surface area contributed by atoms with Gasteiger partial charge in [-0.05, 0) is 95.2 Å². The number of anilines is 1. The number of nitro benzene ring substituents is 1. The molecule has 0 aromatic heterocycles. The van der Waals surface area contributed by atoms with Crippen LogP contribution in [0.3, 0.4) is 0 Å². The molecule has 0 saturated carbocycles. The highest BCUT2D eigenvalue weighted by molar-refractivity contribution is 14.1. The number of non-ortho nitro benzene ring substituents is 1. The van der Waals surface area contributed by atoms with E-state index in [-0.39, 0.29) is 23.6 Å². The lowest BCUT2D eigenvalue weighted by molar-refractivity contribution is -0.384. The molecule has 1 saturated heterocycles. The highest BCUT2D eigenvalue weighted by Crippen LogP contribution is 2.36. The number of nitro groups is 1. The van der Waals surface area contributed by atoms with Gasteiger partial charge in [0.1, 0.15) is 18.0 Å². The second-order valence-electron chi connectivity index (χ2n) is 7.91. The van der Waals surface area contributed by atoms with Gasteiger partial charge in [-0.3, -0.25) is 25.0 Å². The Hall–Kier alpha value is -4.33. The summed E-state index contributed by atoms with van der Waals surface area (Å²) in [6, 6.07) is 13.0. The maximum Gasteiger partial charge on any atom is 0.335 e. The molecule has 0 unspecified atom stereocenters. The van der Waals surface area contributed by atoms with Crippen molar-refractivity contribution >= 4 is 57.9 Å². The zero-order chi connectivity index (χ0) is 27.4. The molecule has 3 aromatic rings. The Kier molecular flexibility index (Phi) is 8.00. The lowest BCUT2D eigenvalue weighted by atomic mass is 10.1. The molecule has 4 amide bonds. The van der Waals surface area contributed by atoms with Crippen molar-refractivity contribution in [3.05, 3.63) is 96.9 Å². The molecule has 1 aliphatic heterocycles. The van der Waals surface area contributed by atoms with E-state index in [0.29, 0.717) is 32.8 Å². The molecule has 1 heterocycles. The maximum absolute atomic E-state index is 13.3. The van der Waals surface area contributed by atoms with Gasteiger partial charge in [-0.15, -0.1) is 0 Å². The summed E-state index contributed by atoms with van der Waals surface area (Å²) in [5.74, 6) is -1.51. The summed E-state index contributed by atoms with van der Waals surface area (Å²) in [6.07, 6.45) is 1.32. The Morgan fingerprint density at radius 3 is 2.37 bits per heavy atom. The molecule has 38 heavy (non-hydrogen) atoms. The van der Waals surface area contributed by atoms with E-state index in [1.807, 2.05) is 22.6 Å². The van der Waals surface area contributed by atoms with Crippen LogP contribution in [0.5, 0.6) is 11.5 Å². The number of barbiturate groups is 1. The first kappa shape index (κ1) is 26.7. The molecular formula is C26H19FIN3O7. The predicted molar refractivity (Wildman–Crippen MR) is 143 cm³/mol. The van der Waals surface area contributed by atoms with Crippen LogP contribution < -0.4 is 19.7 Å². The smallest absolute Gasteiger partial charge is 0.335 e. The third-order valence-electron chi connectivity index (χ3n) is 5.36. The third-order valence-corrected chi connectivity index (χ3v) is 6.16. The van der Waals surface area contributed by atoms with Gasteiger partial charge in [0, 0.05) is 12.1 Å². The van der Waals surface area contributed by atoms with E-state index in [0.717, 1.165) is 17.0 Å². The lowest BCUT2D eigenvalue weighted by Gasteiger charge is -2.26. The zero-order valence-corrected chi connectivity index (χ0v) is 21.9. The average molecular weight is 631 g/mol. The molecular weight excluding hydrogens is 612 g/mol. The second-order valence-corrected chi connectivity index (χ2v) is 9.07. The average Bonchev–Trinajstić information content (AvgIpc) is 2.87. The molecule has 0 radical (unpaired) electrons. The van der Waals surface area contributed by atoms with Crippen molar-refractivity contribution < 1.29 is 33.2 Å². The summed E-state index contributed by atoms with van der Waals surface area (Å²) in [4.78, 5) is 49.1. The zero-order valence-electron chi connectivity index (χ0n) is 19.8. The number of urea groups is 1. The molecule has 194 valence electrons. The fraction of sp³-hybridized carbons (Fsp3) is 0.115. The van der Waals surface area contributed by atoms with Gasteiger partial charge in [0.15, 0.2) is 11.5 Å². The van der Waals surface area contributed by atoms with Crippen LogP contribution in [0.1, 0.15) is 18.1 Å². The van der Waals surface area contributed by atoms with Gasteiger partial charge in [0.05, 0.1) is 20.8 Å². The Morgan fingerprint density at radius 2 is 1.74 bits per heavy atom. The van der Waals surface area contributed by atoms with Crippen LogP contribution >= 0.6 is 22.6 Å². The number of nitrogens with one attached hydrogen (secondary N) is 1. The number of nitrogens with zero attached hydrogens (tertiary/aromatic N) is 2. The van der Waals surface area contributed by atoms with Crippen molar-refractivity contribution in [2.24, 2.45) is 0 Å². The Morgan fingerprint density at radius 1 is 1.05 bits per heavy atom. The number of carbonyl (C=O) groups excluding carboxylic acids is 3. The summed E-state index contributed by atoms with van der Waals surface area (Å²) in [5.41, 5.74) is 0.915. The molecule has 1 fully saturated rings. The molecule has 12 heteroatoms. The first-order valence-corrected chi connectivity index (χ1v) is 12.2. The number of carbonyl (C=O) groups is 3. The number of benzene rings is 3. The minimum absolute atomic E-state index is 0.0308. The summed E-state index contributed by atoms with van der Waals surface area (Å²) in [7, 11) is 0. The van der Waals surface area contributed by atoms with Crippen molar-refractivity contribution in [3.63, 3.8) is 0 Å². The van der Waals surface area contributed by atoms with Gasteiger partial charge in [0.2, 0.25) is 0 Å².